The minimum atomic E-state index is -0.341. The second-order valence-electron chi connectivity index (χ2n) is 7.95. The van der Waals surface area contributed by atoms with Gasteiger partial charge in [-0.1, -0.05) is 24.3 Å². The van der Waals surface area contributed by atoms with Gasteiger partial charge in [-0.25, -0.2) is 0 Å². The maximum absolute atomic E-state index is 12.8. The molecule has 0 fully saturated rings. The number of aromatic hydroxyl groups is 1. The number of amides is 1. The molecule has 174 valence electrons. The quantitative estimate of drug-likeness (QED) is 0.439. The van der Waals surface area contributed by atoms with Crippen molar-refractivity contribution in [1.82, 2.24) is 9.55 Å². The minimum Gasteiger partial charge on any atom is -0.508 e. The number of H-pyrrole nitrogens is 1. The molecular formula is C27H27N3O4. The first-order valence-corrected chi connectivity index (χ1v) is 10.9. The Kier molecular flexibility index (Phi) is 6.82. The van der Waals surface area contributed by atoms with E-state index < -0.39 is 0 Å². The first-order chi connectivity index (χ1) is 16.5. The summed E-state index contributed by atoms with van der Waals surface area (Å²) < 4.78 is 12.3. The molecule has 2 N–H and O–H groups in total. The highest BCUT2D eigenvalue weighted by Crippen LogP contribution is 2.19. The largest absolute Gasteiger partial charge is 0.508 e. The molecule has 0 aliphatic heterocycles. The number of imidazole rings is 1. The Morgan fingerprint density at radius 2 is 1.38 bits per heavy atom. The van der Waals surface area contributed by atoms with Crippen molar-refractivity contribution >= 4 is 5.91 Å². The number of carbonyl (C=O) groups is 1. The van der Waals surface area contributed by atoms with Gasteiger partial charge in [0.1, 0.15) is 17.2 Å². The van der Waals surface area contributed by atoms with Gasteiger partial charge >= 0.3 is 0 Å². The normalized spacial score (nSPS) is 11.4. The molecule has 0 aliphatic rings. The fraction of sp³-hybridized carbons (Fsp3) is 0.185. The Morgan fingerprint density at radius 1 is 0.853 bits per heavy atom. The first-order valence-electron chi connectivity index (χ1n) is 10.9. The number of nitrogens with one attached hydrogen (secondary N) is 1. The van der Waals surface area contributed by atoms with Crippen LogP contribution >= 0.6 is 0 Å². The Bertz CT molecular complexity index is 1330. The monoisotopic (exact) mass is 457 g/mol. The van der Waals surface area contributed by atoms with Gasteiger partial charge in [-0.2, -0.15) is 4.99 Å². The summed E-state index contributed by atoms with van der Waals surface area (Å²) in [6.07, 6.45) is 1.25. The number of aromatic nitrogens is 2. The summed E-state index contributed by atoms with van der Waals surface area (Å²) >= 11 is 0. The number of hydrogen-bond acceptors (Lipinski definition) is 4. The Morgan fingerprint density at radius 3 is 1.97 bits per heavy atom. The van der Waals surface area contributed by atoms with Crippen LogP contribution in [0.15, 0.2) is 77.8 Å². The van der Waals surface area contributed by atoms with E-state index in [4.69, 9.17) is 9.47 Å². The Balaban J connectivity index is 1.71. The number of methoxy groups -OCH3 is 2. The van der Waals surface area contributed by atoms with Crippen LogP contribution in [0, 0.1) is 0 Å². The average molecular weight is 458 g/mol. The molecule has 1 amide bonds. The van der Waals surface area contributed by atoms with E-state index in [1.54, 1.807) is 50.6 Å². The van der Waals surface area contributed by atoms with Crippen molar-refractivity contribution in [2.45, 2.75) is 12.8 Å². The molecule has 0 radical (unpaired) electrons. The second kappa shape index (κ2) is 10.1. The van der Waals surface area contributed by atoms with Gasteiger partial charge in [0, 0.05) is 36.8 Å². The predicted octanol–water partition coefficient (Wildman–Crippen LogP) is 4.00. The summed E-state index contributed by atoms with van der Waals surface area (Å²) in [5.74, 6) is 1.36. The second-order valence-corrected chi connectivity index (χ2v) is 7.95. The third-order valence-electron chi connectivity index (χ3n) is 5.73. The highest BCUT2D eigenvalue weighted by Gasteiger charge is 2.14. The lowest BCUT2D eigenvalue weighted by Crippen LogP contribution is -2.19. The van der Waals surface area contributed by atoms with E-state index in [-0.39, 0.29) is 11.7 Å². The van der Waals surface area contributed by atoms with Crippen LogP contribution in [0.25, 0.3) is 0 Å². The van der Waals surface area contributed by atoms with Crippen molar-refractivity contribution in [2.75, 3.05) is 14.2 Å². The van der Waals surface area contributed by atoms with Gasteiger partial charge < -0.3 is 24.1 Å². The van der Waals surface area contributed by atoms with Gasteiger partial charge in [-0.15, -0.1) is 0 Å². The van der Waals surface area contributed by atoms with Crippen LogP contribution in [0.3, 0.4) is 0 Å². The molecule has 4 rings (SSSR count). The summed E-state index contributed by atoms with van der Waals surface area (Å²) in [6, 6.07) is 21.9. The van der Waals surface area contributed by atoms with Gasteiger partial charge in [0.05, 0.1) is 14.2 Å². The highest BCUT2D eigenvalue weighted by atomic mass is 16.5. The lowest BCUT2D eigenvalue weighted by molar-refractivity contribution is 0.0996. The van der Waals surface area contributed by atoms with Crippen LogP contribution in [-0.2, 0) is 19.9 Å². The highest BCUT2D eigenvalue weighted by molar-refractivity contribution is 5.94. The number of carbonyl (C=O) groups excluding carboxylic acids is 1. The molecule has 0 bridgehead atoms. The molecule has 0 saturated heterocycles. The van der Waals surface area contributed by atoms with E-state index in [0.29, 0.717) is 29.8 Å². The SMILES string of the molecule is COc1ccc(Cc2[nH]/c(=N\C(=O)c3ccc(OC)cc3)n(C)c2Cc2ccc(O)cc2)cc1. The molecule has 7 heteroatoms. The predicted molar refractivity (Wildman–Crippen MR) is 129 cm³/mol. The van der Waals surface area contributed by atoms with Crippen LogP contribution in [0.1, 0.15) is 32.9 Å². The van der Waals surface area contributed by atoms with Gasteiger partial charge in [0.15, 0.2) is 0 Å². The molecule has 0 spiro atoms. The van der Waals surface area contributed by atoms with Crippen molar-refractivity contribution in [2.24, 2.45) is 12.0 Å². The zero-order chi connectivity index (χ0) is 24.1. The number of ether oxygens (including phenoxy) is 2. The number of phenols is 1. The average Bonchev–Trinajstić information content (AvgIpc) is 3.14. The Hall–Kier alpha value is -4.26. The minimum absolute atomic E-state index is 0.224. The number of rotatable bonds is 7. The molecule has 1 aromatic heterocycles. The van der Waals surface area contributed by atoms with Crippen LogP contribution < -0.4 is 15.1 Å². The maximum Gasteiger partial charge on any atom is 0.280 e. The molecule has 4 aromatic rings. The van der Waals surface area contributed by atoms with Crippen molar-refractivity contribution in [3.8, 4) is 17.2 Å². The fourth-order valence-electron chi connectivity index (χ4n) is 3.74. The zero-order valence-corrected chi connectivity index (χ0v) is 19.4. The molecule has 0 atom stereocenters. The lowest BCUT2D eigenvalue weighted by Gasteiger charge is -2.08. The summed E-state index contributed by atoms with van der Waals surface area (Å²) in [4.78, 5) is 20.5. The molecule has 0 aliphatic carbocycles. The third kappa shape index (κ3) is 5.20. The molecule has 34 heavy (non-hydrogen) atoms. The van der Waals surface area contributed by atoms with E-state index in [0.717, 1.165) is 28.3 Å². The van der Waals surface area contributed by atoms with Gasteiger partial charge in [-0.3, -0.25) is 4.79 Å². The molecule has 0 saturated carbocycles. The molecule has 0 unspecified atom stereocenters. The summed E-state index contributed by atoms with van der Waals surface area (Å²) in [5, 5.41) is 9.63. The number of hydrogen-bond donors (Lipinski definition) is 2. The first kappa shape index (κ1) is 22.9. The van der Waals surface area contributed by atoms with Crippen LogP contribution in [0.5, 0.6) is 17.2 Å². The summed E-state index contributed by atoms with van der Waals surface area (Å²) in [6.45, 7) is 0. The number of nitrogens with zero attached hydrogens (tertiary/aromatic N) is 2. The Labute approximate surface area is 198 Å². The van der Waals surface area contributed by atoms with Crippen molar-refractivity contribution in [3.63, 3.8) is 0 Å². The van der Waals surface area contributed by atoms with Gasteiger partial charge in [0.25, 0.3) is 5.91 Å². The molecular weight excluding hydrogens is 430 g/mol. The van der Waals surface area contributed by atoms with Crippen molar-refractivity contribution in [3.05, 3.63) is 106 Å². The lowest BCUT2D eigenvalue weighted by atomic mass is 10.0. The fourth-order valence-corrected chi connectivity index (χ4v) is 3.74. The van der Waals surface area contributed by atoms with Gasteiger partial charge in [-0.05, 0) is 59.7 Å². The summed E-state index contributed by atoms with van der Waals surface area (Å²) in [7, 11) is 5.12. The number of aromatic amines is 1. The van der Waals surface area contributed by atoms with Crippen molar-refractivity contribution in [1.29, 1.82) is 0 Å². The maximum atomic E-state index is 12.8. The molecule has 1 heterocycles. The number of benzene rings is 3. The van der Waals surface area contributed by atoms with E-state index >= 15 is 0 Å². The van der Waals surface area contributed by atoms with Crippen LogP contribution in [0.2, 0.25) is 0 Å². The van der Waals surface area contributed by atoms with Crippen molar-refractivity contribution < 1.29 is 19.4 Å². The van der Waals surface area contributed by atoms with E-state index in [1.807, 2.05) is 48.0 Å². The van der Waals surface area contributed by atoms with E-state index in [2.05, 4.69) is 9.98 Å². The smallest absolute Gasteiger partial charge is 0.280 e. The topological polar surface area (TPSA) is 88.8 Å². The van der Waals surface area contributed by atoms with Crippen LogP contribution in [-0.4, -0.2) is 34.8 Å². The van der Waals surface area contributed by atoms with Gasteiger partial charge in [0.2, 0.25) is 5.62 Å². The molecule has 7 nitrogen and oxygen atoms in total. The summed E-state index contributed by atoms with van der Waals surface area (Å²) in [5.41, 5.74) is 5.05. The standard InChI is InChI=1S/C27H27N3O4/c1-30-25(17-19-4-10-21(31)11-5-19)24(16-18-6-12-22(33-2)13-7-18)28-27(30)29-26(32)20-8-14-23(34-3)15-9-20/h4-15,31H,16-17H2,1-3H3,(H,28,29,32). The zero-order valence-electron chi connectivity index (χ0n) is 19.4. The van der Waals surface area contributed by atoms with E-state index in [1.165, 1.54) is 0 Å². The van der Waals surface area contributed by atoms with E-state index in [9.17, 15) is 9.90 Å². The van der Waals surface area contributed by atoms with Crippen LogP contribution in [0.4, 0.5) is 0 Å². The third-order valence-corrected chi connectivity index (χ3v) is 5.73. The number of phenolic OH excluding ortho intramolecular Hbond substituents is 1. The molecule has 3 aromatic carbocycles.